The molecular weight excluding hydrogens is 214 g/mol. The molecule has 15 heavy (non-hydrogen) atoms. The zero-order valence-electron chi connectivity index (χ0n) is 8.75. The second-order valence-corrected chi connectivity index (χ2v) is 3.76. The normalized spacial score (nSPS) is 12.2. The van der Waals surface area contributed by atoms with Crippen LogP contribution in [-0.4, -0.2) is 16.9 Å². The van der Waals surface area contributed by atoms with E-state index in [0.717, 1.165) is 6.42 Å². The fourth-order valence-electron chi connectivity index (χ4n) is 1.04. The Bertz CT molecular complexity index is 368. The van der Waals surface area contributed by atoms with Gasteiger partial charge in [-0.05, 0) is 19.4 Å². The van der Waals surface area contributed by atoms with Gasteiger partial charge in [0, 0.05) is 6.04 Å². The Morgan fingerprint density at radius 1 is 1.73 bits per heavy atom. The van der Waals surface area contributed by atoms with Gasteiger partial charge >= 0.3 is 0 Å². The quantitative estimate of drug-likeness (QED) is 0.775. The number of hydrogen-bond donors (Lipinski definition) is 2. The molecule has 0 bridgehead atoms. The van der Waals surface area contributed by atoms with Crippen molar-refractivity contribution >= 4 is 23.2 Å². The monoisotopic (exact) mass is 227 g/mol. The van der Waals surface area contributed by atoms with Crippen molar-refractivity contribution in [2.45, 2.75) is 26.3 Å². The minimum Gasteiger partial charge on any atom is -0.397 e. The molecule has 4 nitrogen and oxygen atoms in total. The molecular formula is C10H14ClN3O. The van der Waals surface area contributed by atoms with Gasteiger partial charge in [-0.1, -0.05) is 18.5 Å². The van der Waals surface area contributed by atoms with Crippen molar-refractivity contribution in [1.82, 2.24) is 10.3 Å². The molecule has 0 aliphatic rings. The van der Waals surface area contributed by atoms with E-state index in [-0.39, 0.29) is 17.1 Å². The van der Waals surface area contributed by atoms with E-state index < -0.39 is 0 Å². The molecule has 0 fully saturated rings. The van der Waals surface area contributed by atoms with E-state index in [1.54, 1.807) is 0 Å². The topological polar surface area (TPSA) is 68.0 Å². The van der Waals surface area contributed by atoms with E-state index in [2.05, 4.69) is 10.3 Å². The number of hydrogen-bond acceptors (Lipinski definition) is 3. The highest BCUT2D eigenvalue weighted by Gasteiger charge is 2.12. The number of rotatable bonds is 3. The Morgan fingerprint density at radius 3 is 3.00 bits per heavy atom. The summed E-state index contributed by atoms with van der Waals surface area (Å²) in [6.45, 7) is 3.92. The van der Waals surface area contributed by atoms with Crippen LogP contribution in [0.15, 0.2) is 12.3 Å². The molecule has 0 saturated carbocycles. The molecule has 3 N–H and O–H groups in total. The van der Waals surface area contributed by atoms with Crippen LogP contribution in [0.4, 0.5) is 5.69 Å². The summed E-state index contributed by atoms with van der Waals surface area (Å²) in [4.78, 5) is 15.5. The molecule has 0 radical (unpaired) electrons. The van der Waals surface area contributed by atoms with Gasteiger partial charge < -0.3 is 11.1 Å². The van der Waals surface area contributed by atoms with Crippen LogP contribution < -0.4 is 11.1 Å². The number of halogens is 1. The third kappa shape index (κ3) is 3.09. The average Bonchev–Trinajstić information content (AvgIpc) is 2.21. The Labute approximate surface area is 93.8 Å². The minimum atomic E-state index is -0.217. The van der Waals surface area contributed by atoms with E-state index in [1.165, 1.54) is 12.3 Å². The van der Waals surface area contributed by atoms with Gasteiger partial charge in [0.05, 0.1) is 17.4 Å². The van der Waals surface area contributed by atoms with Crippen molar-refractivity contribution in [3.8, 4) is 0 Å². The second kappa shape index (κ2) is 4.98. The Kier molecular flexibility index (Phi) is 3.91. The lowest BCUT2D eigenvalue weighted by molar-refractivity contribution is 0.0940. The molecule has 0 saturated heterocycles. The number of nitrogen functional groups attached to an aromatic ring is 1. The summed E-state index contributed by atoms with van der Waals surface area (Å²) < 4.78 is 0. The number of nitrogens with one attached hydrogen (secondary N) is 1. The van der Waals surface area contributed by atoms with Crippen LogP contribution >= 0.6 is 11.6 Å². The third-order valence-corrected chi connectivity index (χ3v) is 2.34. The first-order chi connectivity index (χ1) is 7.04. The highest BCUT2D eigenvalue weighted by molar-refractivity contribution is 6.29. The van der Waals surface area contributed by atoms with Crippen molar-refractivity contribution in [2.24, 2.45) is 0 Å². The summed E-state index contributed by atoms with van der Waals surface area (Å²) >= 11 is 5.68. The van der Waals surface area contributed by atoms with E-state index in [1.807, 2.05) is 13.8 Å². The highest BCUT2D eigenvalue weighted by atomic mass is 35.5. The van der Waals surface area contributed by atoms with E-state index in [9.17, 15) is 4.79 Å². The van der Waals surface area contributed by atoms with Gasteiger partial charge in [-0.25, -0.2) is 4.98 Å². The Balaban J connectivity index is 2.86. The predicted octanol–water partition coefficient (Wildman–Crippen LogP) is 1.85. The van der Waals surface area contributed by atoms with Gasteiger partial charge in [-0.15, -0.1) is 0 Å². The molecule has 1 rings (SSSR count). The SMILES string of the molecule is CCC(C)NC(=O)c1cc(Cl)ncc1N. The summed E-state index contributed by atoms with van der Waals surface area (Å²) in [7, 11) is 0. The molecule has 0 aliphatic carbocycles. The number of nitrogens with zero attached hydrogens (tertiary/aromatic N) is 1. The lowest BCUT2D eigenvalue weighted by atomic mass is 10.2. The molecule has 1 atom stereocenters. The van der Waals surface area contributed by atoms with Gasteiger partial charge in [0.15, 0.2) is 0 Å². The largest absolute Gasteiger partial charge is 0.397 e. The van der Waals surface area contributed by atoms with Gasteiger partial charge in [0.2, 0.25) is 0 Å². The van der Waals surface area contributed by atoms with Crippen LogP contribution in [0.3, 0.4) is 0 Å². The van der Waals surface area contributed by atoms with E-state index in [0.29, 0.717) is 11.3 Å². The molecule has 5 heteroatoms. The molecule has 0 aromatic carbocycles. The number of pyridine rings is 1. The van der Waals surface area contributed by atoms with Crippen LogP contribution in [0.25, 0.3) is 0 Å². The number of nitrogens with two attached hydrogens (primary N) is 1. The summed E-state index contributed by atoms with van der Waals surface area (Å²) in [6.07, 6.45) is 2.25. The number of aromatic nitrogens is 1. The zero-order chi connectivity index (χ0) is 11.4. The van der Waals surface area contributed by atoms with Crippen molar-refractivity contribution < 1.29 is 4.79 Å². The zero-order valence-corrected chi connectivity index (χ0v) is 9.51. The number of carbonyl (C=O) groups excluding carboxylic acids is 1. The Morgan fingerprint density at radius 2 is 2.40 bits per heavy atom. The van der Waals surface area contributed by atoms with E-state index in [4.69, 9.17) is 17.3 Å². The number of amides is 1. The van der Waals surface area contributed by atoms with Crippen LogP contribution in [-0.2, 0) is 0 Å². The molecule has 0 aliphatic heterocycles. The fraction of sp³-hybridized carbons (Fsp3) is 0.400. The maximum absolute atomic E-state index is 11.7. The highest BCUT2D eigenvalue weighted by Crippen LogP contribution is 2.14. The molecule has 1 heterocycles. The standard InChI is InChI=1S/C10H14ClN3O/c1-3-6(2)14-10(15)7-4-9(11)13-5-8(7)12/h4-6H,3,12H2,1-2H3,(H,14,15). The number of anilines is 1. The van der Waals surface area contributed by atoms with Gasteiger partial charge in [-0.2, -0.15) is 0 Å². The maximum Gasteiger partial charge on any atom is 0.253 e. The molecule has 1 unspecified atom stereocenters. The Hall–Kier alpha value is -1.29. The second-order valence-electron chi connectivity index (χ2n) is 3.38. The summed E-state index contributed by atoms with van der Waals surface area (Å²) in [5.41, 5.74) is 6.33. The van der Waals surface area contributed by atoms with E-state index >= 15 is 0 Å². The molecule has 1 aromatic rings. The minimum absolute atomic E-state index is 0.115. The predicted molar refractivity (Wildman–Crippen MR) is 60.9 cm³/mol. The van der Waals surface area contributed by atoms with Crippen LogP contribution in [0.1, 0.15) is 30.6 Å². The van der Waals surface area contributed by atoms with Gasteiger partial charge in [-0.3, -0.25) is 4.79 Å². The fourth-order valence-corrected chi connectivity index (χ4v) is 1.20. The lowest BCUT2D eigenvalue weighted by Crippen LogP contribution is -2.32. The van der Waals surface area contributed by atoms with Crippen LogP contribution in [0, 0.1) is 0 Å². The van der Waals surface area contributed by atoms with Crippen LogP contribution in [0.5, 0.6) is 0 Å². The van der Waals surface area contributed by atoms with Crippen molar-refractivity contribution in [3.63, 3.8) is 0 Å². The summed E-state index contributed by atoms with van der Waals surface area (Å²) in [6, 6.07) is 1.58. The summed E-state index contributed by atoms with van der Waals surface area (Å²) in [5.74, 6) is -0.217. The first-order valence-corrected chi connectivity index (χ1v) is 5.14. The maximum atomic E-state index is 11.7. The van der Waals surface area contributed by atoms with Crippen molar-refractivity contribution in [2.75, 3.05) is 5.73 Å². The molecule has 1 amide bonds. The van der Waals surface area contributed by atoms with Gasteiger partial charge in [0.1, 0.15) is 5.15 Å². The lowest BCUT2D eigenvalue weighted by Gasteiger charge is -2.12. The molecule has 0 spiro atoms. The average molecular weight is 228 g/mol. The first kappa shape index (κ1) is 11.8. The smallest absolute Gasteiger partial charge is 0.253 e. The van der Waals surface area contributed by atoms with Crippen LogP contribution in [0.2, 0.25) is 5.15 Å². The number of carbonyl (C=O) groups is 1. The summed E-state index contributed by atoms with van der Waals surface area (Å²) in [5, 5.41) is 3.07. The first-order valence-electron chi connectivity index (χ1n) is 4.76. The molecule has 1 aromatic heterocycles. The van der Waals surface area contributed by atoms with Gasteiger partial charge in [0.25, 0.3) is 5.91 Å². The third-order valence-electron chi connectivity index (χ3n) is 2.14. The van der Waals surface area contributed by atoms with Crippen molar-refractivity contribution in [3.05, 3.63) is 23.0 Å². The van der Waals surface area contributed by atoms with Crippen molar-refractivity contribution in [1.29, 1.82) is 0 Å². The molecule has 82 valence electrons.